The number of pyridine rings is 1. The summed E-state index contributed by atoms with van der Waals surface area (Å²) in [5.74, 6) is -1.45. The third-order valence-electron chi connectivity index (χ3n) is 2.59. The van der Waals surface area contributed by atoms with E-state index in [-0.39, 0.29) is 29.0 Å². The van der Waals surface area contributed by atoms with Crippen molar-refractivity contribution in [3.05, 3.63) is 29.3 Å². The second-order valence-electron chi connectivity index (χ2n) is 3.60. The fourth-order valence-corrected chi connectivity index (χ4v) is 1.91. The van der Waals surface area contributed by atoms with Gasteiger partial charge in [-0.1, -0.05) is 15.9 Å². The molecule has 1 fully saturated rings. The van der Waals surface area contributed by atoms with E-state index in [1.807, 2.05) is 6.07 Å². The van der Waals surface area contributed by atoms with Gasteiger partial charge in [0.05, 0.1) is 23.6 Å². The molecule has 6 heteroatoms. The van der Waals surface area contributed by atoms with Gasteiger partial charge in [-0.25, -0.2) is 4.39 Å². The Hall–Kier alpha value is -1.32. The first-order valence-corrected chi connectivity index (χ1v) is 6.06. The first kappa shape index (κ1) is 12.1. The van der Waals surface area contributed by atoms with E-state index in [0.717, 1.165) is 0 Å². The van der Waals surface area contributed by atoms with Gasteiger partial charge in [0.15, 0.2) is 11.6 Å². The van der Waals surface area contributed by atoms with E-state index < -0.39 is 17.8 Å². The number of Topliss-reactive ketones (excluding diaryl/α,β-unsaturated/α-hetero) is 1. The molecule has 0 aromatic carbocycles. The van der Waals surface area contributed by atoms with Crippen LogP contribution in [0.1, 0.15) is 22.2 Å². The van der Waals surface area contributed by atoms with Crippen molar-refractivity contribution in [2.24, 2.45) is 5.92 Å². The van der Waals surface area contributed by atoms with Crippen molar-refractivity contribution < 1.29 is 13.9 Å². The second kappa shape index (κ2) is 4.90. The van der Waals surface area contributed by atoms with Crippen molar-refractivity contribution in [1.82, 2.24) is 4.98 Å². The Morgan fingerprint density at radius 1 is 1.76 bits per heavy atom. The molecule has 2 atom stereocenters. The molecule has 0 N–H and O–H groups in total. The van der Waals surface area contributed by atoms with Crippen LogP contribution in [0.5, 0.6) is 0 Å². The van der Waals surface area contributed by atoms with Crippen LogP contribution in [-0.4, -0.2) is 22.7 Å². The molecule has 0 radical (unpaired) electrons. The van der Waals surface area contributed by atoms with E-state index in [4.69, 9.17) is 10.00 Å². The summed E-state index contributed by atoms with van der Waals surface area (Å²) < 4.78 is 19.1. The summed E-state index contributed by atoms with van der Waals surface area (Å²) in [5, 5.41) is 8.82. The first-order valence-electron chi connectivity index (χ1n) is 4.93. The zero-order chi connectivity index (χ0) is 12.4. The van der Waals surface area contributed by atoms with Crippen molar-refractivity contribution >= 4 is 21.7 Å². The average molecular weight is 299 g/mol. The first-order chi connectivity index (χ1) is 8.19. The van der Waals surface area contributed by atoms with Gasteiger partial charge in [-0.2, -0.15) is 5.26 Å². The molecule has 0 spiro atoms. The molecule has 0 saturated carbocycles. The molecule has 1 aliphatic heterocycles. The Morgan fingerprint density at radius 2 is 2.53 bits per heavy atom. The molecule has 1 aromatic rings. The van der Waals surface area contributed by atoms with Crippen LogP contribution in [0.15, 0.2) is 12.3 Å². The third kappa shape index (κ3) is 2.08. The van der Waals surface area contributed by atoms with Crippen LogP contribution in [0, 0.1) is 23.1 Å². The number of hydrogen-bond donors (Lipinski definition) is 0. The zero-order valence-electron chi connectivity index (χ0n) is 8.69. The number of ketones is 1. The molecule has 0 amide bonds. The second-order valence-corrected chi connectivity index (χ2v) is 4.16. The summed E-state index contributed by atoms with van der Waals surface area (Å²) in [4.78, 5) is 15.3. The van der Waals surface area contributed by atoms with Gasteiger partial charge in [-0.15, -0.1) is 0 Å². The maximum Gasteiger partial charge on any atom is 0.176 e. The van der Waals surface area contributed by atoms with Crippen LogP contribution >= 0.6 is 15.9 Å². The smallest absolute Gasteiger partial charge is 0.176 e. The highest BCUT2D eigenvalue weighted by molar-refractivity contribution is 9.09. The molecule has 2 rings (SSSR count). The molecule has 2 unspecified atom stereocenters. The van der Waals surface area contributed by atoms with Crippen LogP contribution in [0.4, 0.5) is 4.39 Å². The van der Waals surface area contributed by atoms with E-state index in [0.29, 0.717) is 0 Å². The fraction of sp³-hybridized carbons (Fsp3) is 0.364. The number of carbonyl (C=O) groups excluding carboxylic acids is 1. The molecule has 88 valence electrons. The molecule has 2 heterocycles. The minimum atomic E-state index is -0.693. The van der Waals surface area contributed by atoms with Crippen LogP contribution in [-0.2, 0) is 4.74 Å². The lowest BCUT2D eigenvalue weighted by Crippen LogP contribution is -2.32. The number of ether oxygens (including phenoxy) is 1. The van der Waals surface area contributed by atoms with E-state index in [1.54, 1.807) is 0 Å². The Kier molecular flexibility index (Phi) is 3.50. The number of carbonyl (C=O) groups is 1. The summed E-state index contributed by atoms with van der Waals surface area (Å²) in [7, 11) is 0. The van der Waals surface area contributed by atoms with Crippen LogP contribution in [0.3, 0.4) is 0 Å². The SMILES string of the molecule is N#CC1COC1c1nccc(C(=O)CBr)c1F. The van der Waals surface area contributed by atoms with Gasteiger partial charge >= 0.3 is 0 Å². The topological polar surface area (TPSA) is 63.0 Å². The molecular weight excluding hydrogens is 291 g/mol. The normalized spacial score (nSPS) is 22.6. The maximum atomic E-state index is 14.0. The minimum Gasteiger partial charge on any atom is -0.369 e. The summed E-state index contributed by atoms with van der Waals surface area (Å²) in [5.41, 5.74) is 0.00802. The molecule has 4 nitrogen and oxygen atoms in total. The highest BCUT2D eigenvalue weighted by Gasteiger charge is 2.37. The summed E-state index contributed by atoms with van der Waals surface area (Å²) in [6.45, 7) is 0.277. The predicted molar refractivity (Wildman–Crippen MR) is 60.1 cm³/mol. The lowest BCUT2D eigenvalue weighted by Gasteiger charge is -2.31. The highest BCUT2D eigenvalue weighted by Crippen LogP contribution is 2.35. The number of halogens is 2. The average Bonchev–Trinajstić information content (AvgIpc) is 2.30. The van der Waals surface area contributed by atoms with E-state index in [9.17, 15) is 9.18 Å². The van der Waals surface area contributed by atoms with Crippen LogP contribution in [0.2, 0.25) is 0 Å². The largest absolute Gasteiger partial charge is 0.369 e. The fourth-order valence-electron chi connectivity index (χ4n) is 1.61. The number of aromatic nitrogens is 1. The molecule has 1 aliphatic rings. The van der Waals surface area contributed by atoms with Gasteiger partial charge in [-0.05, 0) is 6.07 Å². The minimum absolute atomic E-state index is 0.0286. The Morgan fingerprint density at radius 3 is 3.06 bits per heavy atom. The Balaban J connectivity index is 2.37. The van der Waals surface area contributed by atoms with E-state index in [1.165, 1.54) is 12.3 Å². The summed E-state index contributed by atoms with van der Waals surface area (Å²) in [6, 6.07) is 3.34. The zero-order valence-corrected chi connectivity index (χ0v) is 10.3. The van der Waals surface area contributed by atoms with Gasteiger partial charge in [0.1, 0.15) is 17.7 Å². The van der Waals surface area contributed by atoms with Crippen LogP contribution in [0.25, 0.3) is 0 Å². The summed E-state index contributed by atoms with van der Waals surface area (Å²) in [6.07, 6.45) is 0.688. The van der Waals surface area contributed by atoms with Crippen molar-refractivity contribution in [3.63, 3.8) is 0 Å². The lowest BCUT2D eigenvalue weighted by molar-refractivity contribution is -0.0963. The van der Waals surface area contributed by atoms with Crippen molar-refractivity contribution in [1.29, 1.82) is 5.26 Å². The molecule has 1 aromatic heterocycles. The van der Waals surface area contributed by atoms with E-state index in [2.05, 4.69) is 20.9 Å². The number of nitrogens with zero attached hydrogens (tertiary/aromatic N) is 2. The van der Waals surface area contributed by atoms with Gasteiger partial charge in [-0.3, -0.25) is 9.78 Å². The Labute approximate surface area is 106 Å². The van der Waals surface area contributed by atoms with Crippen LogP contribution < -0.4 is 0 Å². The number of hydrogen-bond acceptors (Lipinski definition) is 4. The molecule has 1 saturated heterocycles. The molecule has 0 aliphatic carbocycles. The molecule has 17 heavy (non-hydrogen) atoms. The standard InChI is InChI=1S/C11H8BrFN2O2/c12-3-8(16)7-1-2-15-10(9(7)13)11-6(4-14)5-17-11/h1-2,6,11H,3,5H2. The predicted octanol–water partition coefficient (Wildman–Crippen LogP) is 2.01. The van der Waals surface area contributed by atoms with Crippen molar-refractivity contribution in [2.75, 3.05) is 11.9 Å². The lowest BCUT2D eigenvalue weighted by atomic mass is 9.95. The summed E-state index contributed by atoms with van der Waals surface area (Å²) >= 11 is 2.98. The number of alkyl halides is 1. The number of nitriles is 1. The monoisotopic (exact) mass is 298 g/mol. The van der Waals surface area contributed by atoms with Gasteiger partial charge < -0.3 is 4.74 Å². The van der Waals surface area contributed by atoms with E-state index >= 15 is 0 Å². The molecule has 0 bridgehead atoms. The van der Waals surface area contributed by atoms with Gasteiger partial charge in [0.2, 0.25) is 0 Å². The van der Waals surface area contributed by atoms with Gasteiger partial charge in [0.25, 0.3) is 0 Å². The highest BCUT2D eigenvalue weighted by atomic mass is 79.9. The van der Waals surface area contributed by atoms with Gasteiger partial charge in [0, 0.05) is 6.20 Å². The maximum absolute atomic E-state index is 14.0. The molecular formula is C11H8BrFN2O2. The Bertz CT molecular complexity index is 501. The number of rotatable bonds is 3. The van der Waals surface area contributed by atoms with Crippen molar-refractivity contribution in [3.8, 4) is 6.07 Å². The van der Waals surface area contributed by atoms with Crippen molar-refractivity contribution in [2.45, 2.75) is 6.10 Å². The third-order valence-corrected chi connectivity index (χ3v) is 3.10. The quantitative estimate of drug-likeness (QED) is 0.632.